The molecule has 7 heteroatoms. The fraction of sp³-hybridized carbons (Fsp3) is 0.300. The summed E-state index contributed by atoms with van der Waals surface area (Å²) in [7, 11) is 0. The number of alkyl halides is 3. The van der Waals surface area contributed by atoms with Gasteiger partial charge in [0.25, 0.3) is 5.91 Å². The third kappa shape index (κ3) is 5.57. The normalized spacial score (nSPS) is 13.6. The molecule has 27 heavy (non-hydrogen) atoms. The van der Waals surface area contributed by atoms with Crippen LogP contribution in [0.2, 0.25) is 0 Å². The molecule has 1 N–H and O–H groups in total. The van der Waals surface area contributed by atoms with Crippen molar-refractivity contribution < 1.29 is 27.5 Å². The van der Waals surface area contributed by atoms with Gasteiger partial charge in [-0.25, -0.2) is 0 Å². The number of carbonyl (C=O) groups is 2. The Balaban J connectivity index is 2.04. The minimum atomic E-state index is -4.45. The molecule has 0 radical (unpaired) electrons. The Kier molecular flexibility index (Phi) is 6.25. The number of rotatable bonds is 6. The minimum absolute atomic E-state index is 0.129. The second kappa shape index (κ2) is 8.24. The number of benzene rings is 2. The maximum Gasteiger partial charge on any atom is 0.416 e. The zero-order valence-electron chi connectivity index (χ0n) is 15.1. The van der Waals surface area contributed by atoms with Crippen molar-refractivity contribution in [2.45, 2.75) is 39.1 Å². The van der Waals surface area contributed by atoms with Crippen LogP contribution < -0.4 is 10.1 Å². The highest BCUT2D eigenvalue weighted by atomic mass is 19.4. The van der Waals surface area contributed by atoms with Crippen LogP contribution in [0.3, 0.4) is 0 Å². The van der Waals surface area contributed by atoms with Gasteiger partial charge in [0.2, 0.25) is 0 Å². The standard InChI is InChI=1S/C20H20F3NO3/c1-12(15-6-4-8-17(10-15)20(21,22)23)24-19(26)14(3)27-18-9-5-7-16(11-18)13(2)25/h4-12,14H,1-3H3,(H,24,26)/t12-,14+/m1/s1. The molecule has 0 heterocycles. The van der Waals surface area contributed by atoms with Gasteiger partial charge in [0, 0.05) is 5.56 Å². The number of amides is 1. The van der Waals surface area contributed by atoms with Crippen LogP contribution in [-0.2, 0) is 11.0 Å². The molecule has 2 atom stereocenters. The van der Waals surface area contributed by atoms with Crippen molar-refractivity contribution in [3.05, 3.63) is 65.2 Å². The molecule has 144 valence electrons. The van der Waals surface area contributed by atoms with Crippen LogP contribution in [0.1, 0.15) is 48.3 Å². The molecular weight excluding hydrogens is 359 g/mol. The van der Waals surface area contributed by atoms with Crippen molar-refractivity contribution in [3.63, 3.8) is 0 Å². The molecular formula is C20H20F3NO3. The van der Waals surface area contributed by atoms with Crippen LogP contribution in [0.4, 0.5) is 13.2 Å². The predicted octanol–water partition coefficient (Wildman–Crippen LogP) is 4.55. The second-order valence-corrected chi connectivity index (χ2v) is 6.20. The van der Waals surface area contributed by atoms with Crippen molar-refractivity contribution in [3.8, 4) is 5.75 Å². The molecule has 0 aliphatic carbocycles. The number of hydrogen-bond acceptors (Lipinski definition) is 3. The summed E-state index contributed by atoms with van der Waals surface area (Å²) in [6.07, 6.45) is -5.34. The Hall–Kier alpha value is -2.83. The molecule has 1 amide bonds. The van der Waals surface area contributed by atoms with Crippen LogP contribution in [-0.4, -0.2) is 17.8 Å². The van der Waals surface area contributed by atoms with Crippen LogP contribution in [0.25, 0.3) is 0 Å². The Morgan fingerprint density at radius 2 is 1.70 bits per heavy atom. The zero-order valence-corrected chi connectivity index (χ0v) is 15.1. The van der Waals surface area contributed by atoms with Crippen molar-refractivity contribution >= 4 is 11.7 Å². The first-order chi connectivity index (χ1) is 12.6. The lowest BCUT2D eigenvalue weighted by atomic mass is 10.0. The summed E-state index contributed by atoms with van der Waals surface area (Å²) in [5, 5.41) is 2.63. The molecule has 0 aliphatic rings. The lowest BCUT2D eigenvalue weighted by Crippen LogP contribution is -2.37. The van der Waals surface area contributed by atoms with E-state index in [4.69, 9.17) is 4.74 Å². The molecule has 0 fully saturated rings. The largest absolute Gasteiger partial charge is 0.481 e. The van der Waals surface area contributed by atoms with Gasteiger partial charge in [0.1, 0.15) is 5.75 Å². The first-order valence-corrected chi connectivity index (χ1v) is 8.33. The lowest BCUT2D eigenvalue weighted by molar-refractivity contribution is -0.137. The maximum absolute atomic E-state index is 12.8. The van der Waals surface area contributed by atoms with Gasteiger partial charge in [0.15, 0.2) is 11.9 Å². The van der Waals surface area contributed by atoms with Gasteiger partial charge in [-0.2, -0.15) is 13.2 Å². The van der Waals surface area contributed by atoms with Crippen LogP contribution in [0.15, 0.2) is 48.5 Å². The van der Waals surface area contributed by atoms with E-state index in [0.29, 0.717) is 16.9 Å². The van der Waals surface area contributed by atoms with Crippen molar-refractivity contribution in [2.75, 3.05) is 0 Å². The molecule has 0 bridgehead atoms. The van der Waals surface area contributed by atoms with E-state index in [-0.39, 0.29) is 5.78 Å². The number of ether oxygens (including phenoxy) is 1. The third-order valence-electron chi connectivity index (χ3n) is 4.00. The highest BCUT2D eigenvalue weighted by molar-refractivity contribution is 5.94. The quantitative estimate of drug-likeness (QED) is 0.749. The molecule has 0 saturated carbocycles. The number of Topliss-reactive ketones (excluding diaryl/α,β-unsaturated/α-hetero) is 1. The van der Waals surface area contributed by atoms with Gasteiger partial charge in [0.05, 0.1) is 11.6 Å². The number of carbonyl (C=O) groups excluding carboxylic acids is 2. The Bertz CT molecular complexity index is 833. The summed E-state index contributed by atoms with van der Waals surface area (Å²) in [6.45, 7) is 4.54. The van der Waals surface area contributed by atoms with Gasteiger partial charge in [-0.1, -0.05) is 24.3 Å². The molecule has 0 saturated heterocycles. The topological polar surface area (TPSA) is 55.4 Å². The molecule has 4 nitrogen and oxygen atoms in total. The number of halogens is 3. The van der Waals surface area contributed by atoms with E-state index in [0.717, 1.165) is 12.1 Å². The fourth-order valence-corrected chi connectivity index (χ4v) is 2.44. The number of hydrogen-bond donors (Lipinski definition) is 1. The third-order valence-corrected chi connectivity index (χ3v) is 4.00. The summed E-state index contributed by atoms with van der Waals surface area (Å²) in [5.74, 6) is -0.249. The summed E-state index contributed by atoms with van der Waals surface area (Å²) in [5.41, 5.74) is 0.0211. The van der Waals surface area contributed by atoms with E-state index in [1.807, 2.05) is 0 Å². The number of nitrogens with one attached hydrogen (secondary N) is 1. The van der Waals surface area contributed by atoms with E-state index in [9.17, 15) is 22.8 Å². The smallest absolute Gasteiger partial charge is 0.416 e. The van der Waals surface area contributed by atoms with Crippen LogP contribution in [0.5, 0.6) is 5.75 Å². The van der Waals surface area contributed by atoms with Gasteiger partial charge >= 0.3 is 6.18 Å². The molecule has 2 aromatic carbocycles. The fourth-order valence-electron chi connectivity index (χ4n) is 2.44. The average Bonchev–Trinajstić information content (AvgIpc) is 2.61. The molecule has 2 rings (SSSR count). The zero-order chi connectivity index (χ0) is 20.2. The van der Waals surface area contributed by atoms with E-state index in [1.54, 1.807) is 25.1 Å². The van der Waals surface area contributed by atoms with Crippen molar-refractivity contribution in [1.29, 1.82) is 0 Å². The first-order valence-electron chi connectivity index (χ1n) is 8.33. The second-order valence-electron chi connectivity index (χ2n) is 6.20. The van der Waals surface area contributed by atoms with Gasteiger partial charge in [-0.3, -0.25) is 9.59 Å². The molecule has 0 aromatic heterocycles. The monoisotopic (exact) mass is 379 g/mol. The SMILES string of the molecule is CC(=O)c1cccc(O[C@@H](C)C(=O)N[C@H](C)c2cccc(C(F)(F)F)c2)c1. The van der Waals surface area contributed by atoms with Gasteiger partial charge < -0.3 is 10.1 Å². The van der Waals surface area contributed by atoms with E-state index < -0.39 is 29.8 Å². The molecule has 0 spiro atoms. The van der Waals surface area contributed by atoms with Crippen LogP contribution >= 0.6 is 0 Å². The predicted molar refractivity (Wildman–Crippen MR) is 94.5 cm³/mol. The Labute approximate surface area is 155 Å². The van der Waals surface area contributed by atoms with Gasteiger partial charge in [-0.05, 0) is 50.6 Å². The summed E-state index contributed by atoms with van der Waals surface area (Å²) >= 11 is 0. The number of ketones is 1. The highest BCUT2D eigenvalue weighted by Gasteiger charge is 2.31. The molecule has 0 unspecified atom stereocenters. The van der Waals surface area contributed by atoms with Crippen molar-refractivity contribution in [2.24, 2.45) is 0 Å². The molecule has 2 aromatic rings. The Morgan fingerprint density at radius 1 is 1.04 bits per heavy atom. The van der Waals surface area contributed by atoms with Gasteiger partial charge in [-0.15, -0.1) is 0 Å². The minimum Gasteiger partial charge on any atom is -0.481 e. The van der Waals surface area contributed by atoms with E-state index in [2.05, 4.69) is 5.32 Å². The maximum atomic E-state index is 12.8. The van der Waals surface area contributed by atoms with Crippen LogP contribution in [0, 0.1) is 0 Å². The summed E-state index contributed by atoms with van der Waals surface area (Å²) < 4.78 is 44.0. The summed E-state index contributed by atoms with van der Waals surface area (Å²) in [6, 6.07) is 10.6. The lowest BCUT2D eigenvalue weighted by Gasteiger charge is -2.20. The molecule has 0 aliphatic heterocycles. The van der Waals surface area contributed by atoms with Crippen molar-refractivity contribution in [1.82, 2.24) is 5.32 Å². The van der Waals surface area contributed by atoms with E-state index >= 15 is 0 Å². The van der Waals surface area contributed by atoms with E-state index in [1.165, 1.54) is 32.0 Å². The summed E-state index contributed by atoms with van der Waals surface area (Å²) in [4.78, 5) is 23.7. The Morgan fingerprint density at radius 3 is 2.33 bits per heavy atom. The highest BCUT2D eigenvalue weighted by Crippen LogP contribution is 2.30. The first kappa shape index (κ1) is 20.5. The average molecular weight is 379 g/mol.